The SMILES string of the molecule is CCCCCCCc1ccc(-c2ccc(CCC3CCC(C)CC3)nn2)c(F)c1F. The van der Waals surface area contributed by atoms with E-state index in [-0.39, 0.29) is 5.56 Å². The van der Waals surface area contributed by atoms with E-state index in [1.807, 2.05) is 6.07 Å². The molecule has 0 amide bonds. The van der Waals surface area contributed by atoms with Gasteiger partial charge in [-0.1, -0.05) is 71.3 Å². The Bertz CT molecular complexity index is 780. The maximum atomic E-state index is 14.7. The van der Waals surface area contributed by atoms with Crippen LogP contribution in [0.2, 0.25) is 0 Å². The second kappa shape index (κ2) is 11.5. The summed E-state index contributed by atoms with van der Waals surface area (Å²) in [5.74, 6) is 0.103. The first-order valence-electron chi connectivity index (χ1n) is 11.9. The Morgan fingerprint density at radius 1 is 0.833 bits per heavy atom. The van der Waals surface area contributed by atoms with Gasteiger partial charge in [0.05, 0.1) is 11.4 Å². The van der Waals surface area contributed by atoms with Crippen molar-refractivity contribution in [3.05, 3.63) is 47.2 Å². The minimum Gasteiger partial charge on any atom is -0.203 e. The standard InChI is InChI=1S/C26H36F2N2/c1-3-4-5-6-7-8-21-14-17-23(26(28)25(21)27)24-18-16-22(29-30-24)15-13-20-11-9-19(2)10-12-20/h14,16-20H,3-13,15H2,1-2H3. The molecule has 0 atom stereocenters. The summed E-state index contributed by atoms with van der Waals surface area (Å²) in [5.41, 5.74) is 1.99. The molecule has 1 heterocycles. The molecule has 1 aromatic carbocycles. The molecule has 1 saturated carbocycles. The summed E-state index contributed by atoms with van der Waals surface area (Å²) >= 11 is 0. The van der Waals surface area contributed by atoms with Crippen molar-refractivity contribution >= 4 is 0 Å². The zero-order chi connectivity index (χ0) is 21.3. The van der Waals surface area contributed by atoms with E-state index in [0.29, 0.717) is 17.7 Å². The predicted octanol–water partition coefficient (Wildman–Crippen LogP) is 7.69. The van der Waals surface area contributed by atoms with E-state index in [1.54, 1.807) is 18.2 Å². The maximum absolute atomic E-state index is 14.7. The van der Waals surface area contributed by atoms with Gasteiger partial charge in [-0.2, -0.15) is 10.2 Å². The minimum absolute atomic E-state index is 0.197. The molecule has 1 aromatic heterocycles. The molecule has 3 rings (SSSR count). The molecule has 164 valence electrons. The van der Waals surface area contributed by atoms with Crippen LogP contribution < -0.4 is 0 Å². The Morgan fingerprint density at radius 3 is 2.30 bits per heavy atom. The molecular weight excluding hydrogens is 378 g/mol. The largest absolute Gasteiger partial charge is 0.203 e. The highest BCUT2D eigenvalue weighted by molar-refractivity contribution is 5.60. The van der Waals surface area contributed by atoms with Crippen molar-refractivity contribution in [2.24, 2.45) is 11.8 Å². The van der Waals surface area contributed by atoms with Crippen LogP contribution in [-0.4, -0.2) is 10.2 Å². The molecule has 0 N–H and O–H groups in total. The monoisotopic (exact) mass is 414 g/mol. The first kappa shape index (κ1) is 22.8. The number of unbranched alkanes of at least 4 members (excludes halogenated alkanes) is 4. The molecular formula is C26H36F2N2. The van der Waals surface area contributed by atoms with Gasteiger partial charge in [-0.15, -0.1) is 0 Å². The third-order valence-electron chi connectivity index (χ3n) is 6.65. The molecule has 1 fully saturated rings. The fourth-order valence-electron chi connectivity index (χ4n) is 4.51. The van der Waals surface area contributed by atoms with Crippen LogP contribution in [0.3, 0.4) is 0 Å². The van der Waals surface area contributed by atoms with Gasteiger partial charge in [-0.3, -0.25) is 0 Å². The van der Waals surface area contributed by atoms with Gasteiger partial charge in [0.1, 0.15) is 0 Å². The second-order valence-electron chi connectivity index (χ2n) is 9.14. The third-order valence-corrected chi connectivity index (χ3v) is 6.65. The van der Waals surface area contributed by atoms with Gasteiger partial charge in [-0.05, 0) is 61.3 Å². The van der Waals surface area contributed by atoms with Crippen LogP contribution in [0.15, 0.2) is 24.3 Å². The van der Waals surface area contributed by atoms with Gasteiger partial charge in [0.2, 0.25) is 0 Å². The van der Waals surface area contributed by atoms with Gasteiger partial charge < -0.3 is 0 Å². The molecule has 0 radical (unpaired) electrons. The van der Waals surface area contributed by atoms with Crippen molar-refractivity contribution in [1.29, 1.82) is 0 Å². The van der Waals surface area contributed by atoms with Gasteiger partial charge in [0.25, 0.3) is 0 Å². The topological polar surface area (TPSA) is 25.8 Å². The van der Waals surface area contributed by atoms with Crippen molar-refractivity contribution in [2.45, 2.75) is 90.9 Å². The summed E-state index contributed by atoms with van der Waals surface area (Å²) in [4.78, 5) is 0. The lowest BCUT2D eigenvalue weighted by Gasteiger charge is -2.25. The molecule has 0 bridgehead atoms. The van der Waals surface area contributed by atoms with Gasteiger partial charge in [0.15, 0.2) is 11.6 Å². The average Bonchev–Trinajstić information content (AvgIpc) is 2.76. The lowest BCUT2D eigenvalue weighted by molar-refractivity contribution is 0.277. The van der Waals surface area contributed by atoms with Crippen molar-refractivity contribution < 1.29 is 8.78 Å². The maximum Gasteiger partial charge on any atom is 0.168 e. The fraction of sp³-hybridized carbons (Fsp3) is 0.615. The first-order chi connectivity index (χ1) is 14.6. The van der Waals surface area contributed by atoms with Crippen molar-refractivity contribution in [3.63, 3.8) is 0 Å². The van der Waals surface area contributed by atoms with Crippen molar-refractivity contribution in [3.8, 4) is 11.3 Å². The number of halogens is 2. The number of rotatable bonds is 10. The molecule has 30 heavy (non-hydrogen) atoms. The summed E-state index contributed by atoms with van der Waals surface area (Å²) in [7, 11) is 0. The molecule has 2 nitrogen and oxygen atoms in total. The van der Waals surface area contributed by atoms with Crippen LogP contribution in [0.1, 0.15) is 89.3 Å². The van der Waals surface area contributed by atoms with Gasteiger partial charge in [0, 0.05) is 5.56 Å². The Labute approximate surface area is 180 Å². The fourth-order valence-corrected chi connectivity index (χ4v) is 4.51. The number of benzene rings is 1. The Hall–Kier alpha value is -1.84. The Kier molecular flexibility index (Phi) is 8.77. The van der Waals surface area contributed by atoms with Crippen molar-refractivity contribution in [1.82, 2.24) is 10.2 Å². The van der Waals surface area contributed by atoms with Crippen LogP contribution in [0, 0.1) is 23.5 Å². The highest BCUT2D eigenvalue weighted by Gasteiger charge is 2.19. The highest BCUT2D eigenvalue weighted by Crippen LogP contribution is 2.31. The predicted molar refractivity (Wildman–Crippen MR) is 119 cm³/mol. The smallest absolute Gasteiger partial charge is 0.168 e. The van der Waals surface area contributed by atoms with Crippen LogP contribution in [0.4, 0.5) is 8.78 Å². The Balaban J connectivity index is 1.56. The van der Waals surface area contributed by atoms with Crippen LogP contribution in [0.5, 0.6) is 0 Å². The molecule has 4 heteroatoms. The molecule has 0 saturated heterocycles. The second-order valence-corrected chi connectivity index (χ2v) is 9.14. The van der Waals surface area contributed by atoms with E-state index in [1.165, 1.54) is 38.5 Å². The van der Waals surface area contributed by atoms with E-state index >= 15 is 0 Å². The lowest BCUT2D eigenvalue weighted by atomic mass is 9.81. The zero-order valence-corrected chi connectivity index (χ0v) is 18.6. The first-order valence-corrected chi connectivity index (χ1v) is 11.9. The molecule has 2 aromatic rings. The number of nitrogens with zero attached hydrogens (tertiary/aromatic N) is 2. The molecule has 0 unspecified atom stereocenters. The highest BCUT2D eigenvalue weighted by atomic mass is 19.2. The van der Waals surface area contributed by atoms with Crippen LogP contribution in [0.25, 0.3) is 11.3 Å². The van der Waals surface area contributed by atoms with E-state index < -0.39 is 11.6 Å². The van der Waals surface area contributed by atoms with Crippen LogP contribution >= 0.6 is 0 Å². The minimum atomic E-state index is -0.806. The zero-order valence-electron chi connectivity index (χ0n) is 18.6. The summed E-state index contributed by atoms with van der Waals surface area (Å²) in [6.45, 7) is 4.50. The normalized spacial score (nSPS) is 19.2. The van der Waals surface area contributed by atoms with E-state index in [9.17, 15) is 8.78 Å². The average molecular weight is 415 g/mol. The quantitative estimate of drug-likeness (QED) is 0.372. The molecule has 0 aliphatic heterocycles. The summed E-state index contributed by atoms with van der Waals surface area (Å²) in [6, 6.07) is 7.03. The Morgan fingerprint density at radius 2 is 1.60 bits per heavy atom. The molecule has 1 aliphatic rings. The summed E-state index contributed by atoms with van der Waals surface area (Å²) in [6.07, 6.45) is 13.4. The van der Waals surface area contributed by atoms with E-state index in [2.05, 4.69) is 24.0 Å². The summed E-state index contributed by atoms with van der Waals surface area (Å²) in [5, 5.41) is 8.48. The van der Waals surface area contributed by atoms with Crippen molar-refractivity contribution in [2.75, 3.05) is 0 Å². The van der Waals surface area contributed by atoms with E-state index in [4.69, 9.17) is 0 Å². The van der Waals surface area contributed by atoms with Gasteiger partial charge in [-0.25, -0.2) is 8.78 Å². The molecule has 1 aliphatic carbocycles. The van der Waals surface area contributed by atoms with Gasteiger partial charge >= 0.3 is 0 Å². The number of aryl methyl sites for hydroxylation is 2. The number of hydrogen-bond acceptors (Lipinski definition) is 2. The van der Waals surface area contributed by atoms with Crippen LogP contribution in [-0.2, 0) is 12.8 Å². The summed E-state index contributed by atoms with van der Waals surface area (Å²) < 4.78 is 29.2. The van der Waals surface area contributed by atoms with E-state index in [0.717, 1.165) is 49.6 Å². The number of hydrogen-bond donors (Lipinski definition) is 0. The number of aromatic nitrogens is 2. The third kappa shape index (κ3) is 6.33. The lowest BCUT2D eigenvalue weighted by Crippen LogP contribution is -2.13. The molecule has 0 spiro atoms.